The lowest BCUT2D eigenvalue weighted by Crippen LogP contribution is -2.37. The third kappa shape index (κ3) is 3.30. The van der Waals surface area contributed by atoms with Crippen molar-refractivity contribution in [2.45, 2.75) is 20.3 Å². The van der Waals surface area contributed by atoms with E-state index in [4.69, 9.17) is 10.6 Å². The van der Waals surface area contributed by atoms with E-state index in [1.807, 2.05) is 6.07 Å². The van der Waals surface area contributed by atoms with Crippen LogP contribution < -0.4 is 16.2 Å². The van der Waals surface area contributed by atoms with E-state index in [-0.39, 0.29) is 0 Å². The van der Waals surface area contributed by atoms with E-state index < -0.39 is 0 Å². The number of nitrogen functional groups attached to an aromatic ring is 1. The van der Waals surface area contributed by atoms with Crippen LogP contribution in [0.3, 0.4) is 0 Å². The third-order valence-electron chi connectivity index (χ3n) is 2.83. The van der Waals surface area contributed by atoms with Gasteiger partial charge < -0.3 is 15.1 Å². The zero-order valence-electron chi connectivity index (χ0n) is 11.0. The second kappa shape index (κ2) is 5.97. The van der Waals surface area contributed by atoms with Crippen LogP contribution in [0.25, 0.3) is 0 Å². The van der Waals surface area contributed by atoms with E-state index in [2.05, 4.69) is 34.1 Å². The number of hydrogen-bond acceptors (Lipinski definition) is 6. The molecule has 0 radical (unpaired) electrons. The molecule has 1 fully saturated rings. The van der Waals surface area contributed by atoms with Crippen molar-refractivity contribution < 1.29 is 4.74 Å². The molecule has 2 rings (SSSR count). The summed E-state index contributed by atoms with van der Waals surface area (Å²) in [7, 11) is 0. The van der Waals surface area contributed by atoms with E-state index in [1.54, 1.807) is 0 Å². The molecule has 2 heterocycles. The van der Waals surface area contributed by atoms with Crippen LogP contribution in [-0.4, -0.2) is 36.3 Å². The first-order valence-electron chi connectivity index (χ1n) is 6.36. The van der Waals surface area contributed by atoms with Gasteiger partial charge in [0.05, 0.1) is 13.2 Å². The normalized spacial score (nSPS) is 16.1. The summed E-state index contributed by atoms with van der Waals surface area (Å²) in [5, 5.41) is 0. The average Bonchev–Trinajstić information content (AvgIpc) is 2.38. The molecule has 0 bridgehead atoms. The van der Waals surface area contributed by atoms with E-state index in [9.17, 15) is 0 Å². The number of aromatic nitrogens is 2. The SMILES string of the molecule is CC(C)Cc1cc(NN)nc(N2CCOCC2)n1. The Balaban J connectivity index is 2.22. The van der Waals surface area contributed by atoms with Crippen LogP contribution in [0.2, 0.25) is 0 Å². The van der Waals surface area contributed by atoms with Gasteiger partial charge in [-0.1, -0.05) is 13.8 Å². The molecule has 0 aromatic carbocycles. The van der Waals surface area contributed by atoms with Crippen LogP contribution in [0.15, 0.2) is 6.07 Å². The first-order chi connectivity index (χ1) is 8.69. The number of nitrogens with two attached hydrogens (primary N) is 1. The molecular weight excluding hydrogens is 230 g/mol. The number of nitrogens with zero attached hydrogens (tertiary/aromatic N) is 3. The summed E-state index contributed by atoms with van der Waals surface area (Å²) in [5.41, 5.74) is 3.63. The predicted octanol–water partition coefficient (Wildman–Crippen LogP) is 0.797. The van der Waals surface area contributed by atoms with Crippen molar-refractivity contribution in [1.29, 1.82) is 0 Å². The van der Waals surface area contributed by atoms with Gasteiger partial charge in [-0.2, -0.15) is 4.98 Å². The number of morpholine rings is 1. The summed E-state index contributed by atoms with van der Waals surface area (Å²) in [6, 6.07) is 1.91. The van der Waals surface area contributed by atoms with Crippen LogP contribution >= 0.6 is 0 Å². The van der Waals surface area contributed by atoms with Gasteiger partial charge in [0.15, 0.2) is 0 Å². The highest BCUT2D eigenvalue weighted by atomic mass is 16.5. The highest BCUT2D eigenvalue weighted by Crippen LogP contribution is 2.16. The number of ether oxygens (including phenoxy) is 1. The van der Waals surface area contributed by atoms with Gasteiger partial charge in [0.1, 0.15) is 5.82 Å². The van der Waals surface area contributed by atoms with Gasteiger partial charge in [-0.25, -0.2) is 10.8 Å². The number of nitrogens with one attached hydrogen (secondary N) is 1. The van der Waals surface area contributed by atoms with E-state index in [0.717, 1.165) is 44.4 Å². The molecule has 6 nitrogen and oxygen atoms in total. The Kier molecular flexibility index (Phi) is 4.33. The first kappa shape index (κ1) is 13.0. The fraction of sp³-hybridized carbons (Fsp3) is 0.667. The Morgan fingerprint density at radius 1 is 1.39 bits per heavy atom. The maximum atomic E-state index is 5.46. The molecule has 1 aliphatic heterocycles. The van der Waals surface area contributed by atoms with Crippen LogP contribution in [0.5, 0.6) is 0 Å². The molecule has 0 saturated carbocycles. The second-order valence-electron chi connectivity index (χ2n) is 4.89. The summed E-state index contributed by atoms with van der Waals surface area (Å²) in [6.45, 7) is 7.45. The fourth-order valence-electron chi connectivity index (χ4n) is 1.99. The maximum Gasteiger partial charge on any atom is 0.227 e. The van der Waals surface area contributed by atoms with Crippen molar-refractivity contribution in [2.75, 3.05) is 36.6 Å². The monoisotopic (exact) mass is 251 g/mol. The lowest BCUT2D eigenvalue weighted by molar-refractivity contribution is 0.122. The molecule has 6 heteroatoms. The maximum absolute atomic E-state index is 5.46. The summed E-state index contributed by atoms with van der Waals surface area (Å²) in [4.78, 5) is 11.1. The highest BCUT2D eigenvalue weighted by Gasteiger charge is 2.15. The Bertz CT molecular complexity index is 390. The number of hydrogen-bond donors (Lipinski definition) is 2. The molecule has 18 heavy (non-hydrogen) atoms. The summed E-state index contributed by atoms with van der Waals surface area (Å²) >= 11 is 0. The Morgan fingerprint density at radius 3 is 2.72 bits per heavy atom. The van der Waals surface area contributed by atoms with Crippen molar-refractivity contribution in [3.63, 3.8) is 0 Å². The largest absolute Gasteiger partial charge is 0.378 e. The number of hydrazine groups is 1. The summed E-state index contributed by atoms with van der Waals surface area (Å²) in [6.07, 6.45) is 0.925. The Hall–Kier alpha value is -1.40. The topological polar surface area (TPSA) is 76.3 Å². The molecule has 1 aliphatic rings. The predicted molar refractivity (Wildman–Crippen MR) is 71.4 cm³/mol. The molecule has 1 aromatic rings. The molecule has 0 amide bonds. The van der Waals surface area contributed by atoms with Gasteiger partial charge >= 0.3 is 0 Å². The van der Waals surface area contributed by atoms with Crippen LogP contribution in [0.4, 0.5) is 11.8 Å². The minimum absolute atomic E-state index is 0.558. The molecule has 3 N–H and O–H groups in total. The third-order valence-corrected chi connectivity index (χ3v) is 2.83. The molecule has 0 spiro atoms. The quantitative estimate of drug-likeness (QED) is 0.609. The standard InChI is InChI=1S/C12H21N5O/c1-9(2)7-10-8-11(16-13)15-12(14-10)17-3-5-18-6-4-17/h8-9H,3-7,13H2,1-2H3,(H,14,15,16). The van der Waals surface area contributed by atoms with E-state index in [0.29, 0.717) is 11.7 Å². The minimum atomic E-state index is 0.558. The van der Waals surface area contributed by atoms with Gasteiger partial charge in [-0.15, -0.1) is 0 Å². The molecule has 1 aromatic heterocycles. The van der Waals surface area contributed by atoms with Gasteiger partial charge in [0, 0.05) is 24.8 Å². The van der Waals surface area contributed by atoms with Crippen molar-refractivity contribution in [2.24, 2.45) is 11.8 Å². The molecule has 0 unspecified atom stereocenters. The molecule has 0 atom stereocenters. The van der Waals surface area contributed by atoms with Gasteiger partial charge in [0.2, 0.25) is 5.95 Å². The lowest BCUT2D eigenvalue weighted by atomic mass is 10.1. The van der Waals surface area contributed by atoms with Crippen LogP contribution in [0, 0.1) is 5.92 Å². The first-order valence-corrected chi connectivity index (χ1v) is 6.36. The second-order valence-corrected chi connectivity index (χ2v) is 4.89. The molecular formula is C12H21N5O. The molecule has 100 valence electrons. The molecule has 0 aliphatic carbocycles. The zero-order chi connectivity index (χ0) is 13.0. The van der Waals surface area contributed by atoms with Crippen molar-refractivity contribution in [1.82, 2.24) is 9.97 Å². The fourth-order valence-corrected chi connectivity index (χ4v) is 1.99. The van der Waals surface area contributed by atoms with Crippen LogP contribution in [0.1, 0.15) is 19.5 Å². The van der Waals surface area contributed by atoms with Gasteiger partial charge in [-0.05, 0) is 12.3 Å². The van der Waals surface area contributed by atoms with E-state index in [1.165, 1.54) is 0 Å². The smallest absolute Gasteiger partial charge is 0.227 e. The highest BCUT2D eigenvalue weighted by molar-refractivity contribution is 5.43. The Morgan fingerprint density at radius 2 is 2.11 bits per heavy atom. The van der Waals surface area contributed by atoms with Crippen molar-refractivity contribution in [3.8, 4) is 0 Å². The minimum Gasteiger partial charge on any atom is -0.378 e. The van der Waals surface area contributed by atoms with Gasteiger partial charge in [0.25, 0.3) is 0 Å². The zero-order valence-corrected chi connectivity index (χ0v) is 11.0. The van der Waals surface area contributed by atoms with Crippen molar-refractivity contribution >= 4 is 11.8 Å². The lowest BCUT2D eigenvalue weighted by Gasteiger charge is -2.27. The number of anilines is 2. The average molecular weight is 251 g/mol. The Labute approximate surface area is 108 Å². The molecule has 1 saturated heterocycles. The van der Waals surface area contributed by atoms with E-state index >= 15 is 0 Å². The number of rotatable bonds is 4. The van der Waals surface area contributed by atoms with Crippen LogP contribution in [-0.2, 0) is 11.2 Å². The van der Waals surface area contributed by atoms with Crippen molar-refractivity contribution in [3.05, 3.63) is 11.8 Å². The van der Waals surface area contributed by atoms with Gasteiger partial charge in [-0.3, -0.25) is 0 Å². The summed E-state index contributed by atoms with van der Waals surface area (Å²) in [5.74, 6) is 7.43. The summed E-state index contributed by atoms with van der Waals surface area (Å²) < 4.78 is 5.34.